The van der Waals surface area contributed by atoms with E-state index in [0.29, 0.717) is 11.5 Å². The molecule has 0 aliphatic carbocycles. The summed E-state index contributed by atoms with van der Waals surface area (Å²) in [5.41, 5.74) is 2.11. The summed E-state index contributed by atoms with van der Waals surface area (Å²) in [5.74, 6) is 1.30. The van der Waals surface area contributed by atoms with Gasteiger partial charge in [-0.05, 0) is 59.5 Å². The summed E-state index contributed by atoms with van der Waals surface area (Å²) >= 11 is 0. The van der Waals surface area contributed by atoms with Gasteiger partial charge in [-0.3, -0.25) is 4.79 Å². The van der Waals surface area contributed by atoms with Gasteiger partial charge in [-0.25, -0.2) is 0 Å². The molecule has 0 spiro atoms. The molecular formula is C25H25NO3. The maximum Gasteiger partial charge on any atom is 0.251 e. The number of ether oxygens (including phenoxy) is 2. The summed E-state index contributed by atoms with van der Waals surface area (Å²) in [7, 11) is 3.23. The molecule has 4 aromatic rings. The number of hydrogen-bond donors (Lipinski definition) is 1. The van der Waals surface area contributed by atoms with Crippen LogP contribution < -0.4 is 15.0 Å². The summed E-state index contributed by atoms with van der Waals surface area (Å²) in [6.45, 7) is 0. The first-order valence-corrected chi connectivity index (χ1v) is 9.93. The maximum absolute atomic E-state index is 12.5. The number of unbranched alkanes of at least 4 members (excludes halogenated alkanes) is 1. The number of H-pyrrole nitrogens is 1. The summed E-state index contributed by atoms with van der Waals surface area (Å²) in [6, 6.07) is 18.9. The van der Waals surface area contributed by atoms with Crippen LogP contribution in [0.1, 0.15) is 24.0 Å². The number of fused-ring (bicyclic) bond motifs is 2. The average molecular weight is 387 g/mol. The Kier molecular flexibility index (Phi) is 5.52. The van der Waals surface area contributed by atoms with Crippen LogP contribution in [0, 0.1) is 0 Å². The number of hydrogen-bond acceptors (Lipinski definition) is 3. The number of aryl methyl sites for hydroxylation is 2. The number of aromatic amines is 1. The van der Waals surface area contributed by atoms with Gasteiger partial charge in [0.25, 0.3) is 5.56 Å². The predicted octanol–water partition coefficient (Wildman–Crippen LogP) is 5.26. The summed E-state index contributed by atoms with van der Waals surface area (Å²) in [4.78, 5) is 15.3. The lowest BCUT2D eigenvalue weighted by atomic mass is 9.99. The van der Waals surface area contributed by atoms with Crippen LogP contribution >= 0.6 is 0 Å². The van der Waals surface area contributed by atoms with Crippen molar-refractivity contribution in [2.24, 2.45) is 0 Å². The number of rotatable bonds is 7. The fourth-order valence-electron chi connectivity index (χ4n) is 3.90. The van der Waals surface area contributed by atoms with E-state index in [0.717, 1.165) is 42.0 Å². The van der Waals surface area contributed by atoms with Crippen molar-refractivity contribution in [2.45, 2.75) is 25.7 Å². The zero-order chi connectivity index (χ0) is 20.2. The molecule has 0 fully saturated rings. The van der Waals surface area contributed by atoms with Crippen LogP contribution in [0.15, 0.2) is 65.6 Å². The van der Waals surface area contributed by atoms with Crippen molar-refractivity contribution in [2.75, 3.05) is 14.2 Å². The van der Waals surface area contributed by atoms with Crippen LogP contribution in [0.3, 0.4) is 0 Å². The molecule has 0 bridgehead atoms. The minimum atomic E-state index is -0.0320. The molecule has 0 saturated heterocycles. The molecule has 4 heteroatoms. The molecule has 1 N–H and O–H groups in total. The molecule has 0 unspecified atom stereocenters. The first-order valence-electron chi connectivity index (χ1n) is 9.93. The van der Waals surface area contributed by atoms with Crippen molar-refractivity contribution in [3.63, 3.8) is 0 Å². The van der Waals surface area contributed by atoms with Gasteiger partial charge in [-0.15, -0.1) is 0 Å². The van der Waals surface area contributed by atoms with E-state index in [1.54, 1.807) is 20.4 Å². The van der Waals surface area contributed by atoms with Crippen LogP contribution in [0.5, 0.6) is 11.5 Å². The van der Waals surface area contributed by atoms with Crippen LogP contribution in [-0.2, 0) is 12.8 Å². The second kappa shape index (κ2) is 8.39. The monoisotopic (exact) mass is 387 g/mol. The molecule has 0 radical (unpaired) electrons. The van der Waals surface area contributed by atoms with Gasteiger partial charge >= 0.3 is 0 Å². The van der Waals surface area contributed by atoms with Gasteiger partial charge in [-0.2, -0.15) is 0 Å². The number of benzene rings is 3. The predicted molar refractivity (Wildman–Crippen MR) is 118 cm³/mol. The minimum absolute atomic E-state index is 0.0320. The molecule has 4 nitrogen and oxygen atoms in total. The third kappa shape index (κ3) is 3.97. The van der Waals surface area contributed by atoms with E-state index in [1.807, 2.05) is 12.1 Å². The van der Waals surface area contributed by atoms with Crippen LogP contribution in [0.2, 0.25) is 0 Å². The molecule has 1 aromatic heterocycles. The molecule has 29 heavy (non-hydrogen) atoms. The summed E-state index contributed by atoms with van der Waals surface area (Å²) in [6.07, 6.45) is 5.45. The van der Waals surface area contributed by atoms with Crippen LogP contribution in [-0.4, -0.2) is 19.2 Å². The van der Waals surface area contributed by atoms with Crippen molar-refractivity contribution in [1.29, 1.82) is 0 Å². The standard InChI is InChI=1S/C25H25NO3/c1-28-23-14-20-16-26-25(27)21(22(20)15-24(23)29-2)10-6-3-7-17-11-12-18-8-4-5-9-19(18)13-17/h4-5,8-9,11-16H,3,6-7,10H2,1-2H3,(H,26,27). The Morgan fingerprint density at radius 3 is 2.31 bits per heavy atom. The van der Waals surface area contributed by atoms with Gasteiger partial charge in [0.1, 0.15) is 0 Å². The molecule has 1 heterocycles. The average Bonchev–Trinajstić information content (AvgIpc) is 2.76. The Bertz CT molecular complexity index is 1210. The lowest BCUT2D eigenvalue weighted by Gasteiger charge is -2.11. The number of nitrogens with one attached hydrogen (secondary N) is 1. The molecular weight excluding hydrogens is 362 g/mol. The molecule has 0 aliphatic rings. The Balaban J connectivity index is 1.50. The summed E-state index contributed by atoms with van der Waals surface area (Å²) in [5, 5.41) is 4.42. The Labute approximate surface area is 170 Å². The second-order valence-electron chi connectivity index (χ2n) is 7.28. The fourth-order valence-corrected chi connectivity index (χ4v) is 3.90. The zero-order valence-corrected chi connectivity index (χ0v) is 16.8. The highest BCUT2D eigenvalue weighted by molar-refractivity contribution is 5.88. The topological polar surface area (TPSA) is 51.3 Å². The molecule has 148 valence electrons. The third-order valence-electron chi connectivity index (χ3n) is 5.47. The van der Waals surface area contributed by atoms with Crippen molar-refractivity contribution >= 4 is 21.5 Å². The molecule has 0 saturated carbocycles. The van der Waals surface area contributed by atoms with E-state index in [4.69, 9.17) is 9.47 Å². The van der Waals surface area contributed by atoms with E-state index in [-0.39, 0.29) is 5.56 Å². The zero-order valence-electron chi connectivity index (χ0n) is 16.8. The van der Waals surface area contributed by atoms with Gasteiger partial charge < -0.3 is 14.5 Å². The van der Waals surface area contributed by atoms with Crippen LogP contribution in [0.4, 0.5) is 0 Å². The summed E-state index contributed by atoms with van der Waals surface area (Å²) < 4.78 is 10.8. The third-order valence-corrected chi connectivity index (χ3v) is 5.47. The van der Waals surface area contributed by atoms with E-state index in [1.165, 1.54) is 16.3 Å². The largest absolute Gasteiger partial charge is 0.493 e. The highest BCUT2D eigenvalue weighted by Gasteiger charge is 2.12. The Morgan fingerprint density at radius 2 is 1.52 bits per heavy atom. The number of methoxy groups -OCH3 is 2. The van der Waals surface area contributed by atoms with Gasteiger partial charge in [0.05, 0.1) is 14.2 Å². The molecule has 0 aliphatic heterocycles. The van der Waals surface area contributed by atoms with Gasteiger partial charge in [0, 0.05) is 17.1 Å². The highest BCUT2D eigenvalue weighted by atomic mass is 16.5. The van der Waals surface area contributed by atoms with E-state index < -0.39 is 0 Å². The van der Waals surface area contributed by atoms with Crippen LogP contribution in [0.25, 0.3) is 21.5 Å². The van der Waals surface area contributed by atoms with E-state index in [9.17, 15) is 4.79 Å². The Hall–Kier alpha value is -3.27. The SMILES string of the molecule is COc1cc2c[nH]c(=O)c(CCCCc3ccc4ccccc4c3)c2cc1OC. The lowest BCUT2D eigenvalue weighted by molar-refractivity contribution is 0.356. The van der Waals surface area contributed by atoms with Crippen molar-refractivity contribution < 1.29 is 9.47 Å². The normalized spacial score (nSPS) is 11.1. The van der Waals surface area contributed by atoms with Gasteiger partial charge in [-0.1, -0.05) is 42.5 Å². The number of pyridine rings is 1. The van der Waals surface area contributed by atoms with E-state index in [2.05, 4.69) is 47.4 Å². The lowest BCUT2D eigenvalue weighted by Crippen LogP contribution is -2.12. The first kappa shape index (κ1) is 19.1. The highest BCUT2D eigenvalue weighted by Crippen LogP contribution is 2.32. The molecule has 4 rings (SSSR count). The van der Waals surface area contributed by atoms with E-state index >= 15 is 0 Å². The molecule has 0 amide bonds. The maximum atomic E-state index is 12.5. The Morgan fingerprint density at radius 1 is 0.793 bits per heavy atom. The van der Waals surface area contributed by atoms with Crippen molar-refractivity contribution in [3.8, 4) is 11.5 Å². The van der Waals surface area contributed by atoms with Crippen molar-refractivity contribution in [3.05, 3.63) is 82.3 Å². The van der Waals surface area contributed by atoms with Crippen molar-refractivity contribution in [1.82, 2.24) is 4.98 Å². The smallest absolute Gasteiger partial charge is 0.251 e. The fraction of sp³-hybridized carbons (Fsp3) is 0.240. The molecule has 0 atom stereocenters. The second-order valence-corrected chi connectivity index (χ2v) is 7.28. The first-order chi connectivity index (χ1) is 14.2. The quantitative estimate of drug-likeness (QED) is 0.440. The minimum Gasteiger partial charge on any atom is -0.493 e. The molecule has 3 aromatic carbocycles. The number of aromatic nitrogens is 1. The van der Waals surface area contributed by atoms with Gasteiger partial charge in [0.2, 0.25) is 0 Å². The van der Waals surface area contributed by atoms with Gasteiger partial charge in [0.15, 0.2) is 11.5 Å².